The lowest BCUT2D eigenvalue weighted by Gasteiger charge is -2.20. The fourth-order valence-electron chi connectivity index (χ4n) is 2.48. The summed E-state index contributed by atoms with van der Waals surface area (Å²) < 4.78 is 10.6. The molecule has 1 aliphatic rings. The Morgan fingerprint density at radius 1 is 1.05 bits per heavy atom. The Morgan fingerprint density at radius 3 is 2.47 bits per heavy atom. The first-order chi connectivity index (χ1) is 9.22. The number of aryl methyl sites for hydroxylation is 2. The van der Waals surface area contributed by atoms with Gasteiger partial charge in [-0.05, 0) is 36.1 Å². The number of rotatable bonds is 2. The molecule has 2 aromatic rings. The third kappa shape index (κ3) is 1.87. The lowest BCUT2D eigenvalue weighted by molar-refractivity contribution is 0.354. The molecule has 1 aromatic carbocycles. The number of nitrogens with one attached hydrogen (secondary N) is 1. The van der Waals surface area contributed by atoms with Crippen LogP contribution in [0.2, 0.25) is 0 Å². The highest BCUT2D eigenvalue weighted by Gasteiger charge is 2.21. The molecule has 0 unspecified atom stereocenters. The first kappa shape index (κ1) is 11.8. The highest BCUT2D eigenvalue weighted by molar-refractivity contribution is 5.72. The summed E-state index contributed by atoms with van der Waals surface area (Å²) in [5.41, 5.74) is 3.78. The second kappa shape index (κ2) is 4.42. The number of methoxy groups -OCH3 is 2. The van der Waals surface area contributed by atoms with Crippen LogP contribution in [0.15, 0.2) is 23.0 Å². The van der Waals surface area contributed by atoms with Crippen LogP contribution < -0.4 is 15.0 Å². The second-order valence-electron chi connectivity index (χ2n) is 4.47. The van der Waals surface area contributed by atoms with Crippen LogP contribution in [0.25, 0.3) is 11.3 Å². The third-order valence-electron chi connectivity index (χ3n) is 3.42. The Bertz CT molecular complexity index is 692. The molecule has 5 nitrogen and oxygen atoms in total. The number of aromatic amines is 1. The van der Waals surface area contributed by atoms with Crippen molar-refractivity contribution in [1.82, 2.24) is 10.2 Å². The van der Waals surface area contributed by atoms with Gasteiger partial charge in [0.25, 0.3) is 5.56 Å². The molecule has 0 fully saturated rings. The zero-order valence-electron chi connectivity index (χ0n) is 10.8. The Balaban J connectivity index is 2.23. The number of nitrogens with zero attached hydrogens (tertiary/aromatic N) is 1. The molecule has 0 amide bonds. The Hall–Kier alpha value is -2.30. The first-order valence-electron chi connectivity index (χ1n) is 6.07. The van der Waals surface area contributed by atoms with Gasteiger partial charge in [-0.15, -0.1) is 0 Å². The topological polar surface area (TPSA) is 64.2 Å². The quantitative estimate of drug-likeness (QED) is 0.887. The highest BCUT2D eigenvalue weighted by atomic mass is 16.5. The number of H-pyrrole nitrogens is 1. The van der Waals surface area contributed by atoms with Crippen LogP contribution in [-0.4, -0.2) is 24.4 Å². The molecule has 0 spiro atoms. The van der Waals surface area contributed by atoms with E-state index in [-0.39, 0.29) is 5.56 Å². The minimum absolute atomic E-state index is 0.164. The van der Waals surface area contributed by atoms with Crippen LogP contribution in [-0.2, 0) is 12.8 Å². The van der Waals surface area contributed by atoms with Gasteiger partial charge in [0, 0.05) is 11.6 Å². The molecular formula is C14H14N2O3. The van der Waals surface area contributed by atoms with E-state index < -0.39 is 0 Å². The van der Waals surface area contributed by atoms with Crippen LogP contribution in [0.3, 0.4) is 0 Å². The van der Waals surface area contributed by atoms with Gasteiger partial charge < -0.3 is 9.47 Å². The van der Waals surface area contributed by atoms with Crippen LogP contribution in [0.4, 0.5) is 0 Å². The van der Waals surface area contributed by atoms with Crippen molar-refractivity contribution >= 4 is 0 Å². The molecule has 0 radical (unpaired) electrons. The number of aromatic nitrogens is 2. The zero-order chi connectivity index (χ0) is 13.4. The molecular weight excluding hydrogens is 244 g/mol. The summed E-state index contributed by atoms with van der Waals surface area (Å²) in [5, 5.41) is 6.65. The van der Waals surface area contributed by atoms with E-state index >= 15 is 0 Å². The van der Waals surface area contributed by atoms with Gasteiger partial charge in [0.1, 0.15) is 0 Å². The lowest BCUT2D eigenvalue weighted by Crippen LogP contribution is -2.14. The minimum Gasteiger partial charge on any atom is -0.493 e. The highest BCUT2D eigenvalue weighted by Crippen LogP contribution is 2.38. The molecule has 0 atom stereocenters. The van der Waals surface area contributed by atoms with Gasteiger partial charge in [-0.2, -0.15) is 5.10 Å². The molecule has 98 valence electrons. The van der Waals surface area contributed by atoms with Gasteiger partial charge >= 0.3 is 0 Å². The average molecular weight is 258 g/mol. The van der Waals surface area contributed by atoms with E-state index in [1.165, 1.54) is 0 Å². The van der Waals surface area contributed by atoms with Crippen molar-refractivity contribution in [3.8, 4) is 22.8 Å². The molecule has 5 heteroatoms. The number of ether oxygens (including phenoxy) is 2. The lowest BCUT2D eigenvalue weighted by atomic mass is 9.89. The maximum Gasteiger partial charge on any atom is 0.264 e. The summed E-state index contributed by atoms with van der Waals surface area (Å²) in [6.07, 6.45) is 1.68. The smallest absolute Gasteiger partial charge is 0.264 e. The molecule has 3 rings (SSSR count). The standard InChI is InChI=1S/C14H14N2O3/c1-18-11-5-8-3-4-9-6-13(17)15-16-14(9)10(8)7-12(11)19-2/h5-7H,3-4H2,1-2H3,(H,15,17). The molecule has 1 aromatic heterocycles. The van der Waals surface area contributed by atoms with Gasteiger partial charge in [0.2, 0.25) is 0 Å². The van der Waals surface area contributed by atoms with Gasteiger partial charge in [-0.1, -0.05) is 0 Å². The van der Waals surface area contributed by atoms with E-state index in [2.05, 4.69) is 10.2 Å². The fourth-order valence-corrected chi connectivity index (χ4v) is 2.48. The van der Waals surface area contributed by atoms with Crippen molar-refractivity contribution < 1.29 is 9.47 Å². The van der Waals surface area contributed by atoms with Crippen LogP contribution in [0, 0.1) is 0 Å². The van der Waals surface area contributed by atoms with E-state index in [0.717, 1.165) is 35.2 Å². The first-order valence-corrected chi connectivity index (χ1v) is 6.07. The summed E-state index contributed by atoms with van der Waals surface area (Å²) in [4.78, 5) is 11.3. The second-order valence-corrected chi connectivity index (χ2v) is 4.47. The molecule has 1 heterocycles. The van der Waals surface area contributed by atoms with E-state index in [4.69, 9.17) is 9.47 Å². The van der Waals surface area contributed by atoms with E-state index in [9.17, 15) is 4.79 Å². The predicted molar refractivity (Wildman–Crippen MR) is 70.8 cm³/mol. The summed E-state index contributed by atoms with van der Waals surface area (Å²) in [6.45, 7) is 0. The molecule has 0 aliphatic heterocycles. The minimum atomic E-state index is -0.164. The van der Waals surface area contributed by atoms with Gasteiger partial charge in [0.15, 0.2) is 11.5 Å². The van der Waals surface area contributed by atoms with E-state index in [1.807, 2.05) is 12.1 Å². The van der Waals surface area contributed by atoms with Crippen LogP contribution in [0.1, 0.15) is 11.1 Å². The van der Waals surface area contributed by atoms with Crippen LogP contribution in [0.5, 0.6) is 11.5 Å². The van der Waals surface area contributed by atoms with Gasteiger partial charge in [0.05, 0.1) is 19.9 Å². The predicted octanol–water partition coefficient (Wildman–Crippen LogP) is 1.55. The molecule has 19 heavy (non-hydrogen) atoms. The molecule has 1 N–H and O–H groups in total. The molecule has 1 aliphatic carbocycles. The Morgan fingerprint density at radius 2 is 1.74 bits per heavy atom. The summed E-state index contributed by atoms with van der Waals surface area (Å²) in [7, 11) is 3.23. The van der Waals surface area contributed by atoms with Crippen molar-refractivity contribution in [2.24, 2.45) is 0 Å². The average Bonchev–Trinajstić information content (AvgIpc) is 2.45. The summed E-state index contributed by atoms with van der Waals surface area (Å²) in [5.74, 6) is 1.39. The van der Waals surface area contributed by atoms with E-state index in [1.54, 1.807) is 20.3 Å². The number of hydrogen-bond donors (Lipinski definition) is 1. The summed E-state index contributed by atoms with van der Waals surface area (Å²) >= 11 is 0. The third-order valence-corrected chi connectivity index (χ3v) is 3.42. The van der Waals surface area contributed by atoms with Crippen molar-refractivity contribution in [3.63, 3.8) is 0 Å². The monoisotopic (exact) mass is 258 g/mol. The number of hydrogen-bond acceptors (Lipinski definition) is 4. The maximum absolute atomic E-state index is 11.3. The van der Waals surface area contributed by atoms with E-state index in [0.29, 0.717) is 11.5 Å². The van der Waals surface area contributed by atoms with Crippen LogP contribution >= 0.6 is 0 Å². The molecule has 0 saturated carbocycles. The number of benzene rings is 1. The Labute approximate surface area is 110 Å². The van der Waals surface area contributed by atoms with Gasteiger partial charge in [-0.25, -0.2) is 5.10 Å². The molecule has 0 saturated heterocycles. The maximum atomic E-state index is 11.3. The van der Waals surface area contributed by atoms with Gasteiger partial charge in [-0.3, -0.25) is 4.79 Å². The largest absolute Gasteiger partial charge is 0.493 e. The van der Waals surface area contributed by atoms with Crippen molar-refractivity contribution in [3.05, 3.63) is 39.7 Å². The summed E-state index contributed by atoms with van der Waals surface area (Å²) in [6, 6.07) is 5.50. The van der Waals surface area contributed by atoms with Crippen molar-refractivity contribution in [1.29, 1.82) is 0 Å². The normalized spacial score (nSPS) is 12.5. The Kier molecular flexibility index (Phi) is 2.74. The van der Waals surface area contributed by atoms with Crippen molar-refractivity contribution in [2.45, 2.75) is 12.8 Å². The fraction of sp³-hybridized carbons (Fsp3) is 0.286. The molecule has 0 bridgehead atoms. The number of fused-ring (bicyclic) bond motifs is 3. The van der Waals surface area contributed by atoms with Crippen molar-refractivity contribution in [2.75, 3.05) is 14.2 Å². The zero-order valence-corrected chi connectivity index (χ0v) is 10.8. The SMILES string of the molecule is COc1cc2c(cc1OC)-c1n[nH]c(=O)cc1CC2.